The zero-order chi connectivity index (χ0) is 17.0. The molecule has 0 N–H and O–H groups in total. The van der Waals surface area contributed by atoms with Crippen LogP contribution in [0.5, 0.6) is 0 Å². The van der Waals surface area contributed by atoms with Crippen LogP contribution < -0.4 is 0 Å². The normalized spacial score (nSPS) is 15.2. The number of carbonyl (C=O) groups is 3. The molecular weight excluding hydrogens is 296 g/mol. The molecule has 0 saturated carbocycles. The summed E-state index contributed by atoms with van der Waals surface area (Å²) in [7, 11) is 0. The molecule has 1 aliphatic rings. The fourth-order valence-electron chi connectivity index (χ4n) is 2.16. The van der Waals surface area contributed by atoms with Gasteiger partial charge >= 0.3 is 5.97 Å². The van der Waals surface area contributed by atoms with Crippen LogP contribution >= 0.6 is 0 Å². The Labute approximate surface area is 134 Å². The van der Waals surface area contributed by atoms with Gasteiger partial charge in [0, 0.05) is 25.0 Å². The monoisotopic (exact) mass is 314 g/mol. The van der Waals surface area contributed by atoms with Crippen molar-refractivity contribution in [3.8, 4) is 0 Å². The lowest BCUT2D eigenvalue weighted by molar-refractivity contribution is -0.146. The molecule has 0 amide bonds. The molecular formula is C18H18O5. The van der Waals surface area contributed by atoms with Crippen LogP contribution in [0.25, 0.3) is 5.57 Å². The second-order valence-corrected chi connectivity index (χ2v) is 5.52. The standard InChI is InChI=1S/C18H18O5/c1-11(2)4-7-17(23-12(3)19)13-8-18(22-10-13)15-9-14(20)5-6-16(15)21/h4-6,8-10,17H,7H2,1-3H3. The molecule has 1 atom stereocenters. The molecule has 1 aromatic heterocycles. The maximum Gasteiger partial charge on any atom is 0.303 e. The molecule has 1 unspecified atom stereocenters. The Kier molecular flexibility index (Phi) is 5.11. The highest BCUT2D eigenvalue weighted by Crippen LogP contribution is 2.29. The van der Waals surface area contributed by atoms with Gasteiger partial charge in [-0.25, -0.2) is 0 Å². The summed E-state index contributed by atoms with van der Waals surface area (Å²) in [4.78, 5) is 34.6. The van der Waals surface area contributed by atoms with Crippen molar-refractivity contribution in [2.24, 2.45) is 0 Å². The van der Waals surface area contributed by atoms with E-state index in [0.29, 0.717) is 12.0 Å². The van der Waals surface area contributed by atoms with Gasteiger partial charge in [0.1, 0.15) is 11.9 Å². The number of ether oxygens (including phenoxy) is 1. The van der Waals surface area contributed by atoms with Crippen LogP contribution in [0.15, 0.2) is 46.6 Å². The van der Waals surface area contributed by atoms with Crippen LogP contribution in [0.2, 0.25) is 0 Å². The van der Waals surface area contributed by atoms with E-state index in [1.807, 2.05) is 19.9 Å². The fourth-order valence-corrected chi connectivity index (χ4v) is 2.16. The van der Waals surface area contributed by atoms with E-state index in [4.69, 9.17) is 9.15 Å². The fraction of sp³-hybridized carbons (Fsp3) is 0.278. The summed E-state index contributed by atoms with van der Waals surface area (Å²) in [6.07, 6.45) is 7.08. The summed E-state index contributed by atoms with van der Waals surface area (Å²) in [5.41, 5.74) is 1.95. The van der Waals surface area contributed by atoms with Crippen molar-refractivity contribution < 1.29 is 23.5 Å². The lowest BCUT2D eigenvalue weighted by atomic mass is 10.0. The van der Waals surface area contributed by atoms with Crippen LogP contribution in [0.4, 0.5) is 0 Å². The van der Waals surface area contributed by atoms with Gasteiger partial charge < -0.3 is 9.15 Å². The Hall–Kier alpha value is -2.69. The second-order valence-electron chi connectivity index (χ2n) is 5.52. The summed E-state index contributed by atoms with van der Waals surface area (Å²) < 4.78 is 10.7. The molecule has 0 aliphatic heterocycles. The molecule has 0 fully saturated rings. The molecule has 0 aromatic carbocycles. The van der Waals surface area contributed by atoms with Gasteiger partial charge in [0.25, 0.3) is 0 Å². The van der Waals surface area contributed by atoms with Gasteiger partial charge in [-0.3, -0.25) is 14.4 Å². The lowest BCUT2D eigenvalue weighted by Gasteiger charge is -2.13. The molecule has 23 heavy (non-hydrogen) atoms. The van der Waals surface area contributed by atoms with E-state index >= 15 is 0 Å². The first kappa shape index (κ1) is 16.7. The third kappa shape index (κ3) is 4.39. The quantitative estimate of drug-likeness (QED) is 0.473. The maximum absolute atomic E-state index is 11.9. The molecule has 0 spiro atoms. The van der Waals surface area contributed by atoms with E-state index in [1.54, 1.807) is 6.07 Å². The predicted octanol–water partition coefficient (Wildman–Crippen LogP) is 3.33. The molecule has 0 bridgehead atoms. The van der Waals surface area contributed by atoms with Crippen molar-refractivity contribution in [3.05, 3.63) is 53.5 Å². The minimum atomic E-state index is -0.495. The van der Waals surface area contributed by atoms with Gasteiger partial charge in [-0.2, -0.15) is 0 Å². The van der Waals surface area contributed by atoms with Crippen molar-refractivity contribution in [1.29, 1.82) is 0 Å². The second kappa shape index (κ2) is 7.05. The molecule has 5 heteroatoms. The van der Waals surface area contributed by atoms with Gasteiger partial charge in [0.2, 0.25) is 0 Å². The zero-order valence-corrected chi connectivity index (χ0v) is 13.3. The van der Waals surface area contributed by atoms with Gasteiger partial charge in [-0.1, -0.05) is 11.6 Å². The maximum atomic E-state index is 11.9. The van der Waals surface area contributed by atoms with Crippen molar-refractivity contribution in [2.75, 3.05) is 0 Å². The third-order valence-corrected chi connectivity index (χ3v) is 3.26. The highest BCUT2D eigenvalue weighted by molar-refractivity contribution is 6.33. The first-order valence-corrected chi connectivity index (χ1v) is 7.24. The molecule has 0 saturated heterocycles. The Morgan fingerprint density at radius 3 is 2.65 bits per heavy atom. The largest absolute Gasteiger partial charge is 0.464 e. The molecule has 2 rings (SSSR count). The van der Waals surface area contributed by atoms with E-state index in [-0.39, 0.29) is 22.9 Å². The number of furan rings is 1. The molecule has 1 aromatic rings. The SMILES string of the molecule is CC(=O)OC(CC=C(C)C)c1coc(C2=CC(=O)C=CC2=O)c1. The average molecular weight is 314 g/mol. The lowest BCUT2D eigenvalue weighted by Crippen LogP contribution is -2.08. The smallest absolute Gasteiger partial charge is 0.303 e. The summed E-state index contributed by atoms with van der Waals surface area (Å²) in [5, 5.41) is 0. The van der Waals surface area contributed by atoms with E-state index in [2.05, 4.69) is 0 Å². The van der Waals surface area contributed by atoms with Crippen molar-refractivity contribution >= 4 is 23.1 Å². The Morgan fingerprint density at radius 1 is 1.26 bits per heavy atom. The molecule has 1 aliphatic carbocycles. The summed E-state index contributed by atoms with van der Waals surface area (Å²) >= 11 is 0. The highest BCUT2D eigenvalue weighted by Gasteiger charge is 2.22. The first-order valence-electron chi connectivity index (χ1n) is 7.24. The Morgan fingerprint density at radius 2 is 2.00 bits per heavy atom. The number of esters is 1. The summed E-state index contributed by atoms with van der Waals surface area (Å²) in [5.74, 6) is -0.666. The van der Waals surface area contributed by atoms with E-state index in [1.165, 1.54) is 31.4 Å². The van der Waals surface area contributed by atoms with Crippen LogP contribution in [-0.2, 0) is 19.1 Å². The molecule has 1 heterocycles. The molecule has 5 nitrogen and oxygen atoms in total. The molecule has 0 radical (unpaired) electrons. The average Bonchev–Trinajstić information content (AvgIpc) is 2.95. The van der Waals surface area contributed by atoms with Crippen molar-refractivity contribution in [2.45, 2.75) is 33.3 Å². The third-order valence-electron chi connectivity index (χ3n) is 3.26. The number of allylic oxidation sites excluding steroid dienone is 5. The Balaban J connectivity index is 2.27. The number of rotatable bonds is 5. The number of hydrogen-bond acceptors (Lipinski definition) is 5. The van der Waals surface area contributed by atoms with E-state index in [9.17, 15) is 14.4 Å². The number of ketones is 2. The minimum absolute atomic E-state index is 0.201. The van der Waals surface area contributed by atoms with Crippen LogP contribution in [0, 0.1) is 0 Å². The van der Waals surface area contributed by atoms with E-state index in [0.717, 1.165) is 5.57 Å². The van der Waals surface area contributed by atoms with Gasteiger partial charge in [0.05, 0.1) is 11.8 Å². The van der Waals surface area contributed by atoms with Crippen molar-refractivity contribution in [3.63, 3.8) is 0 Å². The van der Waals surface area contributed by atoms with Crippen LogP contribution in [-0.4, -0.2) is 17.5 Å². The predicted molar refractivity (Wildman–Crippen MR) is 84.4 cm³/mol. The number of carbonyl (C=O) groups excluding carboxylic acids is 3. The van der Waals surface area contributed by atoms with E-state index < -0.39 is 12.1 Å². The zero-order valence-electron chi connectivity index (χ0n) is 13.3. The van der Waals surface area contributed by atoms with Crippen LogP contribution in [0.1, 0.15) is 44.6 Å². The summed E-state index contributed by atoms with van der Waals surface area (Å²) in [6.45, 7) is 5.25. The summed E-state index contributed by atoms with van der Waals surface area (Å²) in [6, 6.07) is 1.63. The van der Waals surface area contributed by atoms with Gasteiger partial charge in [-0.05, 0) is 32.1 Å². The van der Waals surface area contributed by atoms with Gasteiger partial charge in [-0.15, -0.1) is 0 Å². The highest BCUT2D eigenvalue weighted by atomic mass is 16.5. The first-order chi connectivity index (χ1) is 10.9. The number of hydrogen-bond donors (Lipinski definition) is 0. The Bertz CT molecular complexity index is 726. The van der Waals surface area contributed by atoms with Crippen molar-refractivity contribution in [1.82, 2.24) is 0 Å². The minimum Gasteiger partial charge on any atom is -0.464 e. The van der Waals surface area contributed by atoms with Crippen LogP contribution in [0.3, 0.4) is 0 Å². The van der Waals surface area contributed by atoms with Gasteiger partial charge in [0.15, 0.2) is 11.6 Å². The molecule has 120 valence electrons. The topological polar surface area (TPSA) is 73.6 Å².